The second-order valence-electron chi connectivity index (χ2n) is 1.72. The molecule has 0 fully saturated rings. The molecule has 0 N–H and O–H groups in total. The molecule has 0 aliphatic heterocycles. The fraction of sp³-hybridized carbons (Fsp3) is 0. The van der Waals surface area contributed by atoms with Gasteiger partial charge in [0, 0.05) is 6.08 Å². The smallest absolute Gasteiger partial charge is 0.227 e. The Balaban J connectivity index is 2.96. The maximum atomic E-state index is 10.5. The summed E-state index contributed by atoms with van der Waals surface area (Å²) in [5.41, 5.74) is -0.00963. The molecule has 0 saturated carbocycles. The number of carbonyl (C=O) groups excluding carboxylic acids is 2. The van der Waals surface area contributed by atoms with E-state index in [1.807, 2.05) is 0 Å². The molecule has 0 radical (unpaired) electrons. The predicted molar refractivity (Wildman–Crippen MR) is 33.0 cm³/mol. The zero-order valence-electron chi connectivity index (χ0n) is 4.90. The van der Waals surface area contributed by atoms with Gasteiger partial charge in [0.25, 0.3) is 0 Å². The van der Waals surface area contributed by atoms with Crippen molar-refractivity contribution in [1.82, 2.24) is 0 Å². The Kier molecular flexibility index (Phi) is 1.53. The standard InChI is InChI=1S/C6H3NO3/c8-5-2-1-4(7-10)3-6(5)9/h1-3H. The fourth-order valence-corrected chi connectivity index (χ4v) is 0.554. The first-order valence-electron chi connectivity index (χ1n) is 2.55. The summed E-state index contributed by atoms with van der Waals surface area (Å²) in [6, 6.07) is 0. The van der Waals surface area contributed by atoms with Crippen molar-refractivity contribution in [2.45, 2.75) is 0 Å². The summed E-state index contributed by atoms with van der Waals surface area (Å²) in [6.07, 6.45) is 3.14. The van der Waals surface area contributed by atoms with Gasteiger partial charge in [0.15, 0.2) is 0 Å². The van der Waals surface area contributed by atoms with Crippen molar-refractivity contribution in [3.8, 4) is 0 Å². The Morgan fingerprint density at radius 2 is 1.80 bits per heavy atom. The third-order valence-electron chi connectivity index (χ3n) is 1.03. The van der Waals surface area contributed by atoms with E-state index in [1.165, 1.54) is 6.08 Å². The minimum Gasteiger partial charge on any atom is -0.286 e. The van der Waals surface area contributed by atoms with Gasteiger partial charge in [-0.1, -0.05) is 0 Å². The average Bonchev–Trinajstić information content (AvgIpc) is 1.95. The van der Waals surface area contributed by atoms with Gasteiger partial charge >= 0.3 is 0 Å². The third kappa shape index (κ3) is 1.05. The molecule has 0 aromatic carbocycles. The molecule has 1 aliphatic carbocycles. The Hall–Kier alpha value is -1.58. The van der Waals surface area contributed by atoms with Crippen LogP contribution in [0.3, 0.4) is 0 Å². The van der Waals surface area contributed by atoms with Gasteiger partial charge in [0.05, 0.1) is 0 Å². The zero-order chi connectivity index (χ0) is 7.56. The van der Waals surface area contributed by atoms with Crippen LogP contribution in [-0.4, -0.2) is 11.6 Å². The van der Waals surface area contributed by atoms with Crippen LogP contribution in [0.15, 0.2) is 29.1 Å². The first kappa shape index (κ1) is 6.54. The summed E-state index contributed by atoms with van der Waals surface area (Å²) in [5.74, 6) is -1.32. The van der Waals surface area contributed by atoms with Gasteiger partial charge in [0.1, 0.15) is 5.70 Å². The number of ketones is 2. The molecule has 0 aromatic heterocycles. The first-order chi connectivity index (χ1) is 4.74. The third-order valence-corrected chi connectivity index (χ3v) is 1.03. The number of nitroso groups, excluding NO2 is 1. The largest absolute Gasteiger partial charge is 0.286 e. The minimum atomic E-state index is -0.697. The van der Waals surface area contributed by atoms with Gasteiger partial charge in [-0.25, -0.2) is 0 Å². The second kappa shape index (κ2) is 2.34. The van der Waals surface area contributed by atoms with E-state index in [2.05, 4.69) is 5.18 Å². The lowest BCUT2D eigenvalue weighted by atomic mass is 10.1. The quantitative estimate of drug-likeness (QED) is 0.297. The predicted octanol–water partition coefficient (Wildman–Crippen LogP) is 0.345. The Labute approximate surface area is 56.2 Å². The average molecular weight is 137 g/mol. The molecule has 4 nitrogen and oxygen atoms in total. The van der Waals surface area contributed by atoms with Crippen LogP contribution in [0.2, 0.25) is 0 Å². The van der Waals surface area contributed by atoms with E-state index in [4.69, 9.17) is 0 Å². The lowest BCUT2D eigenvalue weighted by Gasteiger charge is -1.93. The van der Waals surface area contributed by atoms with Crippen LogP contribution < -0.4 is 0 Å². The van der Waals surface area contributed by atoms with Crippen LogP contribution in [0.5, 0.6) is 0 Å². The molecule has 0 bridgehead atoms. The molecule has 0 spiro atoms. The molecule has 50 valence electrons. The number of rotatable bonds is 1. The van der Waals surface area contributed by atoms with E-state index in [1.54, 1.807) is 0 Å². The highest BCUT2D eigenvalue weighted by Crippen LogP contribution is 2.04. The molecular weight excluding hydrogens is 134 g/mol. The van der Waals surface area contributed by atoms with Crippen LogP contribution in [0, 0.1) is 4.91 Å². The van der Waals surface area contributed by atoms with Crippen LogP contribution in [0.1, 0.15) is 0 Å². The fourth-order valence-electron chi connectivity index (χ4n) is 0.554. The summed E-state index contributed by atoms with van der Waals surface area (Å²) >= 11 is 0. The summed E-state index contributed by atoms with van der Waals surface area (Å²) in [5, 5.41) is 2.48. The maximum absolute atomic E-state index is 10.5. The molecule has 0 heterocycles. The Morgan fingerprint density at radius 3 is 2.30 bits per heavy atom. The highest BCUT2D eigenvalue weighted by Gasteiger charge is 2.12. The lowest BCUT2D eigenvalue weighted by Crippen LogP contribution is -2.10. The van der Waals surface area contributed by atoms with Gasteiger partial charge < -0.3 is 0 Å². The molecule has 0 amide bonds. The topological polar surface area (TPSA) is 63.6 Å². The molecule has 0 aromatic rings. The van der Waals surface area contributed by atoms with E-state index in [0.29, 0.717) is 0 Å². The molecular formula is C6H3NO3. The number of carbonyl (C=O) groups is 2. The van der Waals surface area contributed by atoms with Crippen LogP contribution in [0.25, 0.3) is 0 Å². The van der Waals surface area contributed by atoms with E-state index in [0.717, 1.165) is 12.2 Å². The number of allylic oxidation sites excluding steroid dienone is 3. The SMILES string of the molecule is O=NC1=CC(=O)C(=O)C=C1. The minimum absolute atomic E-state index is 0.00963. The van der Waals surface area contributed by atoms with Crippen LogP contribution in [-0.2, 0) is 9.59 Å². The highest BCUT2D eigenvalue weighted by molar-refractivity contribution is 6.46. The van der Waals surface area contributed by atoms with Crippen molar-refractivity contribution in [3.63, 3.8) is 0 Å². The lowest BCUT2D eigenvalue weighted by molar-refractivity contribution is -0.131. The summed E-state index contributed by atoms with van der Waals surface area (Å²) in [6.45, 7) is 0. The van der Waals surface area contributed by atoms with Crippen LogP contribution >= 0.6 is 0 Å². The molecule has 1 rings (SSSR count). The molecule has 1 aliphatic rings. The van der Waals surface area contributed by atoms with Crippen molar-refractivity contribution in [3.05, 3.63) is 28.8 Å². The van der Waals surface area contributed by atoms with E-state index in [9.17, 15) is 14.5 Å². The van der Waals surface area contributed by atoms with Crippen molar-refractivity contribution in [2.24, 2.45) is 5.18 Å². The normalized spacial score (nSPS) is 17.0. The molecule has 0 unspecified atom stereocenters. The van der Waals surface area contributed by atoms with Gasteiger partial charge in [-0.3, -0.25) is 9.59 Å². The highest BCUT2D eigenvalue weighted by atomic mass is 16.3. The Bertz CT molecular complexity index is 262. The number of nitrogens with zero attached hydrogens (tertiary/aromatic N) is 1. The van der Waals surface area contributed by atoms with Gasteiger partial charge in [-0.05, 0) is 17.3 Å². The number of hydrogen-bond donors (Lipinski definition) is 0. The van der Waals surface area contributed by atoms with Crippen molar-refractivity contribution in [2.75, 3.05) is 0 Å². The van der Waals surface area contributed by atoms with E-state index in [-0.39, 0.29) is 5.70 Å². The molecule has 4 heteroatoms. The van der Waals surface area contributed by atoms with E-state index < -0.39 is 11.6 Å². The summed E-state index contributed by atoms with van der Waals surface area (Å²) in [4.78, 5) is 30.7. The molecule has 10 heavy (non-hydrogen) atoms. The monoisotopic (exact) mass is 137 g/mol. The van der Waals surface area contributed by atoms with Crippen molar-refractivity contribution < 1.29 is 9.59 Å². The van der Waals surface area contributed by atoms with Crippen molar-refractivity contribution >= 4 is 11.6 Å². The number of hydrogen-bond acceptors (Lipinski definition) is 4. The summed E-state index contributed by atoms with van der Waals surface area (Å²) < 4.78 is 0. The van der Waals surface area contributed by atoms with Crippen LogP contribution in [0.4, 0.5) is 0 Å². The first-order valence-corrected chi connectivity index (χ1v) is 2.55. The maximum Gasteiger partial charge on any atom is 0.227 e. The second-order valence-corrected chi connectivity index (χ2v) is 1.72. The molecule has 0 atom stereocenters. The van der Waals surface area contributed by atoms with E-state index >= 15 is 0 Å². The van der Waals surface area contributed by atoms with Gasteiger partial charge in [-0.2, -0.15) is 0 Å². The van der Waals surface area contributed by atoms with Crippen molar-refractivity contribution in [1.29, 1.82) is 0 Å². The van der Waals surface area contributed by atoms with Gasteiger partial charge in [-0.15, -0.1) is 4.91 Å². The zero-order valence-corrected chi connectivity index (χ0v) is 4.90. The van der Waals surface area contributed by atoms with Gasteiger partial charge in [0.2, 0.25) is 11.6 Å². The summed E-state index contributed by atoms with van der Waals surface area (Å²) in [7, 11) is 0. The Morgan fingerprint density at radius 1 is 1.10 bits per heavy atom. The molecule has 0 saturated heterocycles.